The Morgan fingerprint density at radius 3 is 2.78 bits per heavy atom. The number of para-hydroxylation sites is 2. The number of imidazole rings is 1. The van der Waals surface area contributed by atoms with E-state index in [9.17, 15) is 4.79 Å². The summed E-state index contributed by atoms with van der Waals surface area (Å²) >= 11 is 0. The van der Waals surface area contributed by atoms with Crippen LogP contribution in [-0.2, 0) is 4.79 Å². The van der Waals surface area contributed by atoms with Gasteiger partial charge in [-0.1, -0.05) is 12.1 Å². The minimum Gasteiger partial charge on any atom is -0.490 e. The van der Waals surface area contributed by atoms with Crippen molar-refractivity contribution in [3.8, 4) is 5.75 Å². The molecule has 6 heteroatoms. The van der Waals surface area contributed by atoms with E-state index in [4.69, 9.17) is 4.74 Å². The molecule has 2 aliphatic heterocycles. The first-order valence-electron chi connectivity index (χ1n) is 9.90. The molecule has 1 fully saturated rings. The van der Waals surface area contributed by atoms with E-state index in [1.54, 1.807) is 0 Å². The average molecular weight is 368 g/mol. The van der Waals surface area contributed by atoms with Gasteiger partial charge in [0.05, 0.1) is 18.8 Å². The summed E-state index contributed by atoms with van der Waals surface area (Å²) in [6, 6.07) is 8.22. The number of fused-ring (bicyclic) bond motifs is 1. The Bertz CT molecular complexity index is 793. The molecule has 1 aromatic heterocycles. The fourth-order valence-corrected chi connectivity index (χ4v) is 4.13. The van der Waals surface area contributed by atoms with E-state index in [2.05, 4.69) is 34.5 Å². The molecule has 0 bridgehead atoms. The van der Waals surface area contributed by atoms with Crippen LogP contribution in [0, 0.1) is 0 Å². The second-order valence-electron chi connectivity index (χ2n) is 7.70. The van der Waals surface area contributed by atoms with Gasteiger partial charge in [0.15, 0.2) is 0 Å². The normalized spacial score (nSPS) is 18.4. The van der Waals surface area contributed by atoms with Crippen molar-refractivity contribution < 1.29 is 9.53 Å². The first-order chi connectivity index (χ1) is 13.1. The third-order valence-corrected chi connectivity index (χ3v) is 5.60. The summed E-state index contributed by atoms with van der Waals surface area (Å²) in [6.07, 6.45) is 6.08. The topological polar surface area (TPSA) is 50.6 Å². The molecule has 4 rings (SSSR count). The number of hydrogen-bond donors (Lipinski definition) is 0. The molecule has 144 valence electrons. The van der Waals surface area contributed by atoms with Gasteiger partial charge < -0.3 is 14.2 Å². The van der Waals surface area contributed by atoms with Crippen molar-refractivity contribution in [1.29, 1.82) is 0 Å². The summed E-state index contributed by atoms with van der Waals surface area (Å²) < 4.78 is 7.94. The molecule has 0 atom stereocenters. The van der Waals surface area contributed by atoms with Crippen LogP contribution in [-0.4, -0.2) is 53.1 Å². The van der Waals surface area contributed by atoms with E-state index in [1.807, 2.05) is 35.4 Å². The number of anilines is 1. The van der Waals surface area contributed by atoms with Crippen molar-refractivity contribution in [3.63, 3.8) is 0 Å². The molecule has 2 aliphatic rings. The number of ether oxygens (including phenoxy) is 1. The quantitative estimate of drug-likeness (QED) is 0.832. The van der Waals surface area contributed by atoms with Gasteiger partial charge in [0.2, 0.25) is 5.91 Å². The average Bonchev–Trinajstić information content (AvgIpc) is 3.18. The molecule has 1 aromatic carbocycles. The minimum atomic E-state index is 0.160. The number of nitrogens with zero attached hydrogens (tertiary/aromatic N) is 4. The van der Waals surface area contributed by atoms with Crippen LogP contribution in [0.4, 0.5) is 5.69 Å². The highest BCUT2D eigenvalue weighted by atomic mass is 16.5. The Morgan fingerprint density at radius 2 is 2.00 bits per heavy atom. The van der Waals surface area contributed by atoms with Gasteiger partial charge >= 0.3 is 0 Å². The smallest absolute Gasteiger partial charge is 0.241 e. The fourth-order valence-electron chi connectivity index (χ4n) is 4.13. The molecule has 0 radical (unpaired) electrons. The van der Waals surface area contributed by atoms with Crippen molar-refractivity contribution in [3.05, 3.63) is 42.5 Å². The number of piperidine rings is 1. The van der Waals surface area contributed by atoms with E-state index in [0.717, 1.165) is 37.4 Å². The van der Waals surface area contributed by atoms with Gasteiger partial charge in [-0.3, -0.25) is 9.69 Å². The molecule has 3 heterocycles. The lowest BCUT2D eigenvalue weighted by Gasteiger charge is -2.34. The largest absolute Gasteiger partial charge is 0.490 e. The van der Waals surface area contributed by atoms with Crippen molar-refractivity contribution in [2.75, 3.05) is 37.7 Å². The maximum absolute atomic E-state index is 12.9. The molecule has 0 N–H and O–H groups in total. The summed E-state index contributed by atoms with van der Waals surface area (Å²) in [5.74, 6) is 2.64. The first kappa shape index (κ1) is 18.0. The highest BCUT2D eigenvalue weighted by Crippen LogP contribution is 2.32. The zero-order valence-electron chi connectivity index (χ0n) is 16.2. The number of likely N-dealkylation sites (tertiary alicyclic amines) is 1. The van der Waals surface area contributed by atoms with Crippen LogP contribution < -0.4 is 9.64 Å². The molecule has 0 saturated carbocycles. The summed E-state index contributed by atoms with van der Waals surface area (Å²) in [7, 11) is 0. The SMILES string of the molecule is CC(C)n1ccnc1C1CCN(CC(=O)N2CCOc3ccccc32)CC1. The van der Waals surface area contributed by atoms with Crippen LogP contribution in [0.25, 0.3) is 0 Å². The highest BCUT2D eigenvalue weighted by molar-refractivity contribution is 5.96. The van der Waals surface area contributed by atoms with Crippen LogP contribution in [0.2, 0.25) is 0 Å². The van der Waals surface area contributed by atoms with Gasteiger partial charge in [-0.15, -0.1) is 0 Å². The highest BCUT2D eigenvalue weighted by Gasteiger charge is 2.28. The second kappa shape index (κ2) is 7.72. The predicted molar refractivity (Wildman–Crippen MR) is 105 cm³/mol. The third-order valence-electron chi connectivity index (χ3n) is 5.60. The Hall–Kier alpha value is -2.34. The van der Waals surface area contributed by atoms with Crippen LogP contribution in [0.3, 0.4) is 0 Å². The van der Waals surface area contributed by atoms with E-state index in [-0.39, 0.29) is 5.91 Å². The van der Waals surface area contributed by atoms with Gasteiger partial charge in [0.25, 0.3) is 0 Å². The van der Waals surface area contributed by atoms with Crippen molar-refractivity contribution >= 4 is 11.6 Å². The molecule has 6 nitrogen and oxygen atoms in total. The number of carbonyl (C=O) groups excluding carboxylic acids is 1. The lowest BCUT2D eigenvalue weighted by atomic mass is 9.95. The summed E-state index contributed by atoms with van der Waals surface area (Å²) in [5, 5.41) is 0. The molecule has 1 amide bonds. The maximum Gasteiger partial charge on any atom is 0.241 e. The monoisotopic (exact) mass is 368 g/mol. The molecular weight excluding hydrogens is 340 g/mol. The molecule has 1 saturated heterocycles. The van der Waals surface area contributed by atoms with Crippen molar-refractivity contribution in [2.24, 2.45) is 0 Å². The third kappa shape index (κ3) is 3.72. The van der Waals surface area contributed by atoms with Gasteiger partial charge in [0, 0.05) is 24.4 Å². The van der Waals surface area contributed by atoms with Crippen LogP contribution in [0.5, 0.6) is 5.75 Å². The maximum atomic E-state index is 12.9. The van der Waals surface area contributed by atoms with Gasteiger partial charge in [-0.05, 0) is 51.9 Å². The molecule has 2 aromatic rings. The standard InChI is InChI=1S/C21H28N4O2/c1-16(2)24-12-9-22-21(24)17-7-10-23(11-8-17)15-20(26)25-13-14-27-19-6-4-3-5-18(19)25/h3-6,9,12,16-17H,7-8,10-11,13-15H2,1-2H3. The van der Waals surface area contributed by atoms with Crippen molar-refractivity contribution in [2.45, 2.75) is 38.6 Å². The number of rotatable bonds is 4. The van der Waals surface area contributed by atoms with E-state index >= 15 is 0 Å². The Kier molecular flexibility index (Phi) is 5.16. The van der Waals surface area contributed by atoms with E-state index in [0.29, 0.717) is 31.7 Å². The number of carbonyl (C=O) groups is 1. The Morgan fingerprint density at radius 1 is 1.22 bits per heavy atom. The molecule has 0 spiro atoms. The van der Waals surface area contributed by atoms with Gasteiger partial charge in [-0.25, -0.2) is 4.98 Å². The zero-order chi connectivity index (χ0) is 18.8. The summed E-state index contributed by atoms with van der Waals surface area (Å²) in [5.41, 5.74) is 0.891. The minimum absolute atomic E-state index is 0.160. The summed E-state index contributed by atoms with van der Waals surface area (Å²) in [4.78, 5) is 21.6. The molecule has 0 unspecified atom stereocenters. The fraction of sp³-hybridized carbons (Fsp3) is 0.524. The van der Waals surface area contributed by atoms with E-state index < -0.39 is 0 Å². The first-order valence-corrected chi connectivity index (χ1v) is 9.90. The Labute approximate surface area is 160 Å². The number of amides is 1. The second-order valence-corrected chi connectivity index (χ2v) is 7.70. The van der Waals surface area contributed by atoms with Crippen LogP contribution in [0.15, 0.2) is 36.7 Å². The molecular formula is C21H28N4O2. The van der Waals surface area contributed by atoms with Crippen LogP contribution in [0.1, 0.15) is 44.5 Å². The van der Waals surface area contributed by atoms with Crippen molar-refractivity contribution in [1.82, 2.24) is 14.5 Å². The number of aromatic nitrogens is 2. The van der Waals surface area contributed by atoms with Crippen LogP contribution >= 0.6 is 0 Å². The van der Waals surface area contributed by atoms with E-state index in [1.165, 1.54) is 5.82 Å². The predicted octanol–water partition coefficient (Wildman–Crippen LogP) is 3.07. The van der Waals surface area contributed by atoms with Gasteiger partial charge in [-0.2, -0.15) is 0 Å². The summed E-state index contributed by atoms with van der Waals surface area (Å²) in [6.45, 7) is 7.92. The lowest BCUT2D eigenvalue weighted by molar-refractivity contribution is -0.120. The molecule has 0 aliphatic carbocycles. The Balaban J connectivity index is 1.36. The number of benzene rings is 1. The molecule has 27 heavy (non-hydrogen) atoms. The lowest BCUT2D eigenvalue weighted by Crippen LogP contribution is -2.46. The van der Waals surface area contributed by atoms with Gasteiger partial charge in [0.1, 0.15) is 18.2 Å². The zero-order valence-corrected chi connectivity index (χ0v) is 16.2. The number of hydrogen-bond acceptors (Lipinski definition) is 4.